The van der Waals surface area contributed by atoms with Crippen LogP contribution in [-0.4, -0.2) is 24.3 Å². The van der Waals surface area contributed by atoms with E-state index in [1.165, 1.54) is 0 Å². The smallest absolute Gasteiger partial charge is 0.241 e. The summed E-state index contributed by atoms with van der Waals surface area (Å²) in [6.07, 6.45) is 0.286. The van der Waals surface area contributed by atoms with Gasteiger partial charge in [0.2, 0.25) is 5.78 Å². The van der Waals surface area contributed by atoms with Crippen LogP contribution >= 0.6 is 0 Å². The Morgan fingerprint density at radius 2 is 2.21 bits per heavy atom. The standard InChI is InChI=1S/C10H8N2O2/c13-6-10(14)9-5-11-7-3-1-2-4-8(7)12-9/h1-4,6,11H,5H2. The summed E-state index contributed by atoms with van der Waals surface area (Å²) in [6, 6.07) is 7.38. The zero-order valence-corrected chi connectivity index (χ0v) is 7.36. The van der Waals surface area contributed by atoms with Crippen LogP contribution in [-0.2, 0) is 9.59 Å². The highest BCUT2D eigenvalue weighted by molar-refractivity contribution is 6.60. The second-order valence-corrected chi connectivity index (χ2v) is 2.91. The lowest BCUT2D eigenvalue weighted by atomic mass is 10.2. The van der Waals surface area contributed by atoms with Gasteiger partial charge in [0.1, 0.15) is 5.71 Å². The summed E-state index contributed by atoms with van der Waals surface area (Å²) >= 11 is 0. The molecular formula is C10H8N2O2. The van der Waals surface area contributed by atoms with Crippen LogP contribution in [0, 0.1) is 0 Å². The molecule has 1 aliphatic heterocycles. The number of hydrogen-bond donors (Lipinski definition) is 1. The van der Waals surface area contributed by atoms with Gasteiger partial charge in [-0.1, -0.05) is 12.1 Å². The van der Waals surface area contributed by atoms with Gasteiger partial charge in [-0.05, 0) is 12.1 Å². The quantitative estimate of drug-likeness (QED) is 0.555. The number of ketones is 1. The van der Waals surface area contributed by atoms with Crippen molar-refractivity contribution in [3.8, 4) is 0 Å². The third kappa shape index (κ3) is 1.42. The van der Waals surface area contributed by atoms with Crippen molar-refractivity contribution in [3.05, 3.63) is 24.3 Å². The normalized spacial score (nSPS) is 13.6. The van der Waals surface area contributed by atoms with E-state index in [0.717, 1.165) is 5.69 Å². The zero-order chi connectivity index (χ0) is 9.97. The molecule has 0 atom stereocenters. The molecule has 1 N–H and O–H groups in total. The van der Waals surface area contributed by atoms with Crippen LogP contribution in [0.5, 0.6) is 0 Å². The Morgan fingerprint density at radius 1 is 1.43 bits per heavy atom. The number of benzene rings is 1. The maximum absolute atomic E-state index is 11.0. The van der Waals surface area contributed by atoms with Crippen LogP contribution < -0.4 is 5.32 Å². The van der Waals surface area contributed by atoms with Crippen molar-refractivity contribution >= 4 is 29.2 Å². The number of nitrogens with zero attached hydrogens (tertiary/aromatic N) is 1. The van der Waals surface area contributed by atoms with E-state index in [-0.39, 0.29) is 12.0 Å². The molecule has 14 heavy (non-hydrogen) atoms. The third-order valence-corrected chi connectivity index (χ3v) is 2.00. The maximum atomic E-state index is 11.0. The molecule has 0 fully saturated rings. The lowest BCUT2D eigenvalue weighted by molar-refractivity contribution is -0.125. The van der Waals surface area contributed by atoms with Gasteiger partial charge < -0.3 is 5.32 Å². The molecule has 0 aliphatic carbocycles. The molecular weight excluding hydrogens is 180 g/mol. The second kappa shape index (κ2) is 3.41. The summed E-state index contributed by atoms with van der Waals surface area (Å²) in [5.41, 5.74) is 1.84. The van der Waals surface area contributed by atoms with Crippen LogP contribution in [0.4, 0.5) is 11.4 Å². The first-order chi connectivity index (χ1) is 6.81. The summed E-state index contributed by atoms with van der Waals surface area (Å²) < 4.78 is 0. The summed E-state index contributed by atoms with van der Waals surface area (Å²) in [7, 11) is 0. The van der Waals surface area contributed by atoms with Gasteiger partial charge in [0.15, 0.2) is 6.29 Å². The highest BCUT2D eigenvalue weighted by Crippen LogP contribution is 2.26. The largest absolute Gasteiger partial charge is 0.377 e. The number of carbonyl (C=O) groups is 2. The molecule has 0 radical (unpaired) electrons. The Morgan fingerprint density at radius 3 is 3.00 bits per heavy atom. The van der Waals surface area contributed by atoms with Crippen molar-refractivity contribution in [2.24, 2.45) is 4.99 Å². The fourth-order valence-electron chi connectivity index (χ4n) is 1.29. The lowest BCUT2D eigenvalue weighted by Crippen LogP contribution is -2.26. The molecule has 0 unspecified atom stereocenters. The second-order valence-electron chi connectivity index (χ2n) is 2.91. The minimum atomic E-state index is -0.563. The van der Waals surface area contributed by atoms with Crippen LogP contribution in [0.1, 0.15) is 0 Å². The van der Waals surface area contributed by atoms with E-state index in [2.05, 4.69) is 10.3 Å². The van der Waals surface area contributed by atoms with Gasteiger partial charge in [-0.2, -0.15) is 0 Å². The van der Waals surface area contributed by atoms with Gasteiger partial charge in [-0.25, -0.2) is 4.99 Å². The Hall–Kier alpha value is -1.97. The topological polar surface area (TPSA) is 58.5 Å². The van der Waals surface area contributed by atoms with E-state index in [1.54, 1.807) is 6.07 Å². The Kier molecular flexibility index (Phi) is 2.10. The lowest BCUT2D eigenvalue weighted by Gasteiger charge is -2.14. The highest BCUT2D eigenvalue weighted by atomic mass is 16.2. The van der Waals surface area contributed by atoms with Gasteiger partial charge in [0.25, 0.3) is 0 Å². The Bertz CT molecular complexity index is 424. The number of para-hydroxylation sites is 2. The van der Waals surface area contributed by atoms with Crippen LogP contribution in [0.3, 0.4) is 0 Å². The van der Waals surface area contributed by atoms with Gasteiger partial charge in [0.05, 0.1) is 17.9 Å². The summed E-state index contributed by atoms with van der Waals surface area (Å²) in [5, 5.41) is 3.02. The van der Waals surface area contributed by atoms with E-state index in [4.69, 9.17) is 0 Å². The van der Waals surface area contributed by atoms with E-state index in [9.17, 15) is 9.59 Å². The molecule has 0 saturated carbocycles. The fourth-order valence-corrected chi connectivity index (χ4v) is 1.29. The predicted molar refractivity (Wildman–Crippen MR) is 53.1 cm³/mol. The van der Waals surface area contributed by atoms with Crippen molar-refractivity contribution < 1.29 is 9.59 Å². The fraction of sp³-hybridized carbons (Fsp3) is 0.100. The SMILES string of the molecule is O=CC(=O)C1=Nc2ccccc2NC1. The number of Topliss-reactive ketones (excluding diaryl/α,β-unsaturated/α-hetero) is 1. The number of rotatable bonds is 2. The summed E-state index contributed by atoms with van der Waals surface area (Å²) in [6.45, 7) is 0.314. The van der Waals surface area contributed by atoms with Crippen molar-refractivity contribution in [3.63, 3.8) is 0 Å². The zero-order valence-electron chi connectivity index (χ0n) is 7.36. The van der Waals surface area contributed by atoms with Crippen LogP contribution in [0.2, 0.25) is 0 Å². The average Bonchev–Trinajstić information content (AvgIpc) is 2.27. The first-order valence-electron chi connectivity index (χ1n) is 4.21. The van der Waals surface area contributed by atoms with E-state index in [0.29, 0.717) is 12.2 Å². The molecule has 1 heterocycles. The van der Waals surface area contributed by atoms with E-state index >= 15 is 0 Å². The van der Waals surface area contributed by atoms with Crippen molar-refractivity contribution in [2.75, 3.05) is 11.9 Å². The Labute approximate surface area is 80.7 Å². The molecule has 4 nitrogen and oxygen atoms in total. The molecule has 0 saturated heterocycles. The molecule has 1 aliphatic rings. The molecule has 1 aromatic rings. The number of anilines is 1. The summed E-state index contributed by atoms with van der Waals surface area (Å²) in [5.74, 6) is -0.563. The molecule has 70 valence electrons. The molecule has 1 aromatic carbocycles. The van der Waals surface area contributed by atoms with Crippen molar-refractivity contribution in [1.82, 2.24) is 0 Å². The minimum Gasteiger partial charge on any atom is -0.377 e. The molecule has 0 aromatic heterocycles. The monoisotopic (exact) mass is 188 g/mol. The van der Waals surface area contributed by atoms with Gasteiger partial charge in [-0.15, -0.1) is 0 Å². The average molecular weight is 188 g/mol. The predicted octanol–water partition coefficient (Wildman–Crippen LogP) is 0.953. The molecule has 2 rings (SSSR count). The maximum Gasteiger partial charge on any atom is 0.241 e. The molecule has 4 heteroatoms. The van der Waals surface area contributed by atoms with Crippen LogP contribution in [0.25, 0.3) is 0 Å². The number of fused-ring (bicyclic) bond motifs is 1. The highest BCUT2D eigenvalue weighted by Gasteiger charge is 2.15. The number of nitrogens with one attached hydrogen (secondary N) is 1. The number of hydrogen-bond acceptors (Lipinski definition) is 4. The first-order valence-corrected chi connectivity index (χ1v) is 4.21. The minimum absolute atomic E-state index is 0.263. The van der Waals surface area contributed by atoms with Crippen molar-refractivity contribution in [2.45, 2.75) is 0 Å². The number of carbonyl (C=O) groups excluding carboxylic acids is 2. The molecule has 0 amide bonds. The molecule has 0 spiro atoms. The van der Waals surface area contributed by atoms with Crippen molar-refractivity contribution in [1.29, 1.82) is 0 Å². The number of aldehydes is 1. The molecule has 0 bridgehead atoms. The van der Waals surface area contributed by atoms with Gasteiger partial charge in [0, 0.05) is 0 Å². The third-order valence-electron chi connectivity index (χ3n) is 2.00. The number of aliphatic imine (C=N–C) groups is 1. The van der Waals surface area contributed by atoms with Crippen LogP contribution in [0.15, 0.2) is 29.3 Å². The Balaban J connectivity index is 2.40. The first kappa shape index (κ1) is 8.62. The van der Waals surface area contributed by atoms with E-state index < -0.39 is 5.78 Å². The van der Waals surface area contributed by atoms with Gasteiger partial charge in [-0.3, -0.25) is 9.59 Å². The van der Waals surface area contributed by atoms with E-state index in [1.807, 2.05) is 18.2 Å². The summed E-state index contributed by atoms with van der Waals surface area (Å²) in [4.78, 5) is 25.4. The van der Waals surface area contributed by atoms with Gasteiger partial charge >= 0.3 is 0 Å².